The van der Waals surface area contributed by atoms with Crippen molar-refractivity contribution in [2.24, 2.45) is 11.8 Å². The predicted molar refractivity (Wildman–Crippen MR) is 115 cm³/mol. The molecule has 2 amide bonds. The quantitative estimate of drug-likeness (QED) is 0.793. The van der Waals surface area contributed by atoms with Crippen molar-refractivity contribution >= 4 is 11.8 Å². The number of ether oxygens (including phenoxy) is 1. The number of nitrogens with one attached hydrogen (secondary N) is 1. The molecule has 8 heteroatoms. The van der Waals surface area contributed by atoms with Crippen molar-refractivity contribution in [1.29, 1.82) is 0 Å². The third-order valence-corrected chi connectivity index (χ3v) is 6.15. The maximum absolute atomic E-state index is 13.0. The molecule has 0 spiro atoms. The van der Waals surface area contributed by atoms with E-state index in [0.717, 1.165) is 23.6 Å². The van der Waals surface area contributed by atoms with Crippen LogP contribution in [0, 0.1) is 18.8 Å². The predicted octanol–water partition coefficient (Wildman–Crippen LogP) is 2.13. The molecular weight excluding hydrogens is 394 g/mol. The second-order valence-corrected chi connectivity index (χ2v) is 8.83. The Labute approximate surface area is 183 Å². The summed E-state index contributed by atoms with van der Waals surface area (Å²) in [7, 11) is 0. The number of amides is 2. The molecule has 0 aliphatic carbocycles. The van der Waals surface area contributed by atoms with Gasteiger partial charge in [0.25, 0.3) is 5.91 Å². The van der Waals surface area contributed by atoms with Crippen molar-refractivity contribution in [3.8, 4) is 0 Å². The van der Waals surface area contributed by atoms with E-state index < -0.39 is 0 Å². The lowest BCUT2D eigenvalue weighted by atomic mass is 10.0. The molecule has 2 aliphatic rings. The van der Waals surface area contributed by atoms with Crippen molar-refractivity contribution < 1.29 is 14.3 Å². The van der Waals surface area contributed by atoms with E-state index in [1.54, 1.807) is 0 Å². The first-order valence-corrected chi connectivity index (χ1v) is 11.1. The lowest BCUT2D eigenvalue weighted by Crippen LogP contribution is -2.38. The highest BCUT2D eigenvalue weighted by Crippen LogP contribution is 2.24. The van der Waals surface area contributed by atoms with Gasteiger partial charge in [0.1, 0.15) is 5.82 Å². The van der Waals surface area contributed by atoms with Crippen molar-refractivity contribution in [2.45, 2.75) is 46.2 Å². The van der Waals surface area contributed by atoms with E-state index in [9.17, 15) is 9.59 Å². The van der Waals surface area contributed by atoms with Gasteiger partial charge in [-0.2, -0.15) is 0 Å². The number of hydrogen-bond acceptors (Lipinski definition) is 5. The summed E-state index contributed by atoms with van der Waals surface area (Å²) in [6, 6.07) is 7.47. The minimum Gasteiger partial charge on any atom is -0.381 e. The zero-order valence-electron chi connectivity index (χ0n) is 18.5. The Kier molecular flexibility index (Phi) is 6.36. The molecule has 1 aromatic carbocycles. The van der Waals surface area contributed by atoms with Crippen LogP contribution in [0.15, 0.2) is 24.3 Å². The Morgan fingerprint density at radius 1 is 1.19 bits per heavy atom. The molecule has 0 radical (unpaired) electrons. The Morgan fingerprint density at radius 2 is 2.03 bits per heavy atom. The summed E-state index contributed by atoms with van der Waals surface area (Å²) < 4.78 is 7.45. The second-order valence-electron chi connectivity index (χ2n) is 8.83. The van der Waals surface area contributed by atoms with Crippen LogP contribution in [0.25, 0.3) is 0 Å². The fourth-order valence-electron chi connectivity index (χ4n) is 4.28. The maximum Gasteiger partial charge on any atom is 0.253 e. The molecule has 2 aromatic rings. The van der Waals surface area contributed by atoms with Crippen LogP contribution in [-0.4, -0.2) is 57.8 Å². The van der Waals surface area contributed by atoms with Gasteiger partial charge in [0.2, 0.25) is 5.91 Å². The number of benzene rings is 1. The van der Waals surface area contributed by atoms with Crippen molar-refractivity contribution in [1.82, 2.24) is 25.0 Å². The summed E-state index contributed by atoms with van der Waals surface area (Å²) in [4.78, 5) is 27.6. The molecule has 166 valence electrons. The second kappa shape index (κ2) is 9.18. The van der Waals surface area contributed by atoms with Crippen molar-refractivity contribution in [3.05, 3.63) is 47.0 Å². The van der Waals surface area contributed by atoms with Crippen LogP contribution >= 0.6 is 0 Å². The minimum atomic E-state index is -0.228. The first kappa shape index (κ1) is 21.5. The number of rotatable bonds is 5. The van der Waals surface area contributed by atoms with E-state index in [0.29, 0.717) is 44.8 Å². The van der Waals surface area contributed by atoms with Gasteiger partial charge in [0, 0.05) is 38.2 Å². The number of aromatic nitrogens is 3. The average molecular weight is 426 g/mol. The number of hydrogen-bond donors (Lipinski definition) is 1. The zero-order chi connectivity index (χ0) is 22.0. The molecule has 1 fully saturated rings. The van der Waals surface area contributed by atoms with Crippen LogP contribution in [0.2, 0.25) is 0 Å². The lowest BCUT2D eigenvalue weighted by Gasteiger charge is -2.24. The van der Waals surface area contributed by atoms with Crippen LogP contribution in [0.4, 0.5) is 0 Å². The van der Waals surface area contributed by atoms with Gasteiger partial charge in [-0.05, 0) is 31.4 Å². The molecular formula is C23H31N5O3. The standard InChI is InChI=1S/C23H31N5O3/c1-15(2)20(24-22(29)18-8-12-31-14-18)21-26-25-19-7-9-27(10-11-28(19)21)23(30)17-6-4-5-16(3)13-17/h4-6,13,15,18,20H,7-12,14H2,1-3H3,(H,24,29)/t18-,20+/m0/s1. The van der Waals surface area contributed by atoms with Gasteiger partial charge < -0.3 is 19.5 Å². The molecule has 2 atom stereocenters. The fourth-order valence-corrected chi connectivity index (χ4v) is 4.28. The molecule has 8 nitrogen and oxygen atoms in total. The first-order chi connectivity index (χ1) is 14.9. The number of nitrogens with zero attached hydrogens (tertiary/aromatic N) is 4. The van der Waals surface area contributed by atoms with Gasteiger partial charge in [-0.3, -0.25) is 9.59 Å². The maximum atomic E-state index is 13.0. The largest absolute Gasteiger partial charge is 0.381 e. The molecule has 0 unspecified atom stereocenters. The van der Waals surface area contributed by atoms with E-state index in [1.807, 2.05) is 36.1 Å². The number of carbonyl (C=O) groups is 2. The average Bonchev–Trinajstić information content (AvgIpc) is 3.38. The minimum absolute atomic E-state index is 0.0124. The third-order valence-electron chi connectivity index (χ3n) is 6.15. The highest BCUT2D eigenvalue weighted by Gasteiger charge is 2.31. The summed E-state index contributed by atoms with van der Waals surface area (Å²) >= 11 is 0. The van der Waals surface area contributed by atoms with Crippen LogP contribution < -0.4 is 5.32 Å². The van der Waals surface area contributed by atoms with E-state index in [2.05, 4.69) is 33.9 Å². The Morgan fingerprint density at radius 3 is 2.74 bits per heavy atom. The van der Waals surface area contributed by atoms with Gasteiger partial charge in [-0.15, -0.1) is 10.2 Å². The SMILES string of the molecule is Cc1cccc(C(=O)N2CCc3nnc([C@H](NC(=O)[C@H]4CCOC4)C(C)C)n3CC2)c1. The smallest absolute Gasteiger partial charge is 0.253 e. The highest BCUT2D eigenvalue weighted by atomic mass is 16.5. The topological polar surface area (TPSA) is 89.3 Å². The third kappa shape index (κ3) is 4.63. The van der Waals surface area contributed by atoms with E-state index in [-0.39, 0.29) is 29.7 Å². The summed E-state index contributed by atoms with van der Waals surface area (Å²) in [5.74, 6) is 1.74. The van der Waals surface area contributed by atoms with E-state index in [1.165, 1.54) is 0 Å². The normalized spacial score (nSPS) is 19.7. The Bertz CT molecular complexity index is 948. The van der Waals surface area contributed by atoms with Gasteiger partial charge in [0.05, 0.1) is 18.6 Å². The molecule has 1 aromatic heterocycles. The van der Waals surface area contributed by atoms with E-state index >= 15 is 0 Å². The molecule has 2 aliphatic heterocycles. The van der Waals surface area contributed by atoms with Gasteiger partial charge in [0.15, 0.2) is 5.82 Å². The van der Waals surface area contributed by atoms with E-state index in [4.69, 9.17) is 4.74 Å². The molecule has 1 N–H and O–H groups in total. The summed E-state index contributed by atoms with van der Waals surface area (Å²) in [6.45, 7) is 9.04. The molecule has 3 heterocycles. The summed E-state index contributed by atoms with van der Waals surface area (Å²) in [5, 5.41) is 12.0. The molecule has 4 rings (SSSR count). The van der Waals surface area contributed by atoms with Crippen molar-refractivity contribution in [3.63, 3.8) is 0 Å². The Hall–Kier alpha value is -2.74. The van der Waals surface area contributed by atoms with Crippen LogP contribution in [0.5, 0.6) is 0 Å². The monoisotopic (exact) mass is 425 g/mol. The first-order valence-electron chi connectivity index (χ1n) is 11.1. The Balaban J connectivity index is 1.49. The zero-order valence-corrected chi connectivity index (χ0v) is 18.5. The van der Waals surface area contributed by atoms with Crippen molar-refractivity contribution in [2.75, 3.05) is 26.3 Å². The summed E-state index contributed by atoms with van der Waals surface area (Å²) in [6.07, 6.45) is 1.39. The summed E-state index contributed by atoms with van der Waals surface area (Å²) in [5.41, 5.74) is 1.78. The van der Waals surface area contributed by atoms with Gasteiger partial charge in [-0.25, -0.2) is 0 Å². The number of fused-ring (bicyclic) bond motifs is 1. The molecule has 0 bridgehead atoms. The van der Waals surface area contributed by atoms with Crippen LogP contribution in [-0.2, 0) is 22.5 Å². The molecule has 31 heavy (non-hydrogen) atoms. The fraction of sp³-hybridized carbons (Fsp3) is 0.565. The highest BCUT2D eigenvalue weighted by molar-refractivity contribution is 5.94. The van der Waals surface area contributed by atoms with Gasteiger partial charge in [-0.1, -0.05) is 31.5 Å². The van der Waals surface area contributed by atoms with Crippen LogP contribution in [0.3, 0.4) is 0 Å². The molecule has 0 saturated carbocycles. The number of carbonyl (C=O) groups excluding carboxylic acids is 2. The van der Waals surface area contributed by atoms with Gasteiger partial charge >= 0.3 is 0 Å². The lowest BCUT2D eigenvalue weighted by molar-refractivity contribution is -0.126. The van der Waals surface area contributed by atoms with Crippen LogP contribution in [0.1, 0.15) is 53.9 Å². The number of aryl methyl sites for hydroxylation is 1. The molecule has 1 saturated heterocycles.